The lowest BCUT2D eigenvalue weighted by Crippen LogP contribution is -2.25. The van der Waals surface area contributed by atoms with Gasteiger partial charge in [-0.15, -0.1) is 11.6 Å². The van der Waals surface area contributed by atoms with Crippen molar-refractivity contribution in [1.82, 2.24) is 4.72 Å². The minimum atomic E-state index is -3.48. The van der Waals surface area contributed by atoms with Crippen LogP contribution < -0.4 is 4.72 Å². The molecule has 1 aromatic carbocycles. The van der Waals surface area contributed by atoms with Crippen molar-refractivity contribution >= 4 is 53.5 Å². The summed E-state index contributed by atoms with van der Waals surface area (Å²) in [5.74, 6) is 0.614. The van der Waals surface area contributed by atoms with Crippen LogP contribution in [-0.4, -0.2) is 20.8 Å². The zero-order chi connectivity index (χ0) is 14.5. The average Bonchev–Trinajstić information content (AvgIpc) is 2.33. The Hall–Kier alpha value is 0.380. The molecule has 7 heteroatoms. The molecule has 0 heterocycles. The van der Waals surface area contributed by atoms with Crippen molar-refractivity contribution in [2.45, 2.75) is 31.1 Å². The van der Waals surface area contributed by atoms with Gasteiger partial charge in [-0.25, -0.2) is 13.1 Å². The molecule has 108 valence electrons. The molecule has 19 heavy (non-hydrogen) atoms. The van der Waals surface area contributed by atoms with E-state index in [0.717, 1.165) is 29.3 Å². The normalized spacial score (nSPS) is 11.8. The maximum Gasteiger partial charge on any atom is 0.241 e. The fourth-order valence-electron chi connectivity index (χ4n) is 1.51. The maximum atomic E-state index is 12.2. The number of halogens is 3. The van der Waals surface area contributed by atoms with E-state index in [1.54, 1.807) is 12.1 Å². The van der Waals surface area contributed by atoms with Crippen molar-refractivity contribution in [1.29, 1.82) is 0 Å². The van der Waals surface area contributed by atoms with Crippen LogP contribution in [-0.2, 0) is 10.0 Å². The highest BCUT2D eigenvalue weighted by Gasteiger charge is 2.18. The van der Waals surface area contributed by atoms with Gasteiger partial charge in [0.1, 0.15) is 0 Å². The molecule has 0 bridgehead atoms. The number of hydrogen-bond donors (Lipinski definition) is 1. The second-order valence-electron chi connectivity index (χ2n) is 4.18. The summed E-state index contributed by atoms with van der Waals surface area (Å²) < 4.78 is 28.3. The summed E-state index contributed by atoms with van der Waals surface area (Å²) in [4.78, 5) is 0.252. The van der Waals surface area contributed by atoms with Crippen LogP contribution in [0.5, 0.6) is 0 Å². The van der Waals surface area contributed by atoms with Gasteiger partial charge in [-0.05, 0) is 53.4 Å². The standard InChI is InChI=1S/C12H16Br2ClNO2S/c1-9-7-11(14)12(8-10(9)13)19(17,18)16-6-4-2-3-5-15/h7-8,16H,2-6H2,1H3. The van der Waals surface area contributed by atoms with E-state index < -0.39 is 10.0 Å². The highest BCUT2D eigenvalue weighted by atomic mass is 79.9. The SMILES string of the molecule is Cc1cc(Br)c(S(=O)(=O)NCCCCCCl)cc1Br. The molecular weight excluding hydrogens is 417 g/mol. The highest BCUT2D eigenvalue weighted by molar-refractivity contribution is 9.11. The number of rotatable bonds is 7. The van der Waals surface area contributed by atoms with E-state index in [9.17, 15) is 8.42 Å². The summed E-state index contributed by atoms with van der Waals surface area (Å²) in [6, 6.07) is 3.40. The first-order chi connectivity index (χ1) is 8.88. The molecule has 0 amide bonds. The Morgan fingerprint density at radius 1 is 1.16 bits per heavy atom. The van der Waals surface area contributed by atoms with E-state index in [2.05, 4.69) is 36.6 Å². The summed E-state index contributed by atoms with van der Waals surface area (Å²) in [7, 11) is -3.48. The van der Waals surface area contributed by atoms with Crippen LogP contribution in [0.2, 0.25) is 0 Å². The number of nitrogens with one attached hydrogen (secondary N) is 1. The van der Waals surface area contributed by atoms with E-state index in [0.29, 0.717) is 16.9 Å². The smallest absolute Gasteiger partial charge is 0.211 e. The summed E-state index contributed by atoms with van der Waals surface area (Å²) in [5, 5.41) is 0. The Bertz CT molecular complexity index is 535. The van der Waals surface area contributed by atoms with E-state index in [1.807, 2.05) is 6.92 Å². The molecule has 1 rings (SSSR count). The van der Waals surface area contributed by atoms with E-state index in [-0.39, 0.29) is 4.90 Å². The molecule has 0 aliphatic rings. The number of aryl methyl sites for hydroxylation is 1. The van der Waals surface area contributed by atoms with Crippen molar-refractivity contribution in [3.63, 3.8) is 0 Å². The van der Waals surface area contributed by atoms with Crippen LogP contribution in [0.1, 0.15) is 24.8 Å². The predicted octanol–water partition coefficient (Wildman–Crippen LogP) is 4.21. The Balaban J connectivity index is 2.75. The summed E-state index contributed by atoms with van der Waals surface area (Å²) in [5.41, 5.74) is 0.980. The Morgan fingerprint density at radius 3 is 2.47 bits per heavy atom. The van der Waals surface area contributed by atoms with Gasteiger partial charge >= 0.3 is 0 Å². The van der Waals surface area contributed by atoms with Gasteiger partial charge in [0.25, 0.3) is 0 Å². The third-order valence-corrected chi connectivity index (χ3v) is 6.15. The molecule has 1 aromatic rings. The highest BCUT2D eigenvalue weighted by Crippen LogP contribution is 2.28. The molecule has 0 aliphatic carbocycles. The Morgan fingerprint density at radius 2 is 1.84 bits per heavy atom. The van der Waals surface area contributed by atoms with Crippen molar-refractivity contribution in [2.24, 2.45) is 0 Å². The van der Waals surface area contributed by atoms with Gasteiger partial charge in [-0.2, -0.15) is 0 Å². The maximum absolute atomic E-state index is 12.2. The molecule has 0 unspecified atom stereocenters. The number of benzene rings is 1. The lowest BCUT2D eigenvalue weighted by atomic mass is 10.2. The third-order valence-electron chi connectivity index (χ3n) is 2.61. The average molecular weight is 434 g/mol. The van der Waals surface area contributed by atoms with E-state index in [4.69, 9.17) is 11.6 Å². The van der Waals surface area contributed by atoms with Crippen molar-refractivity contribution in [3.8, 4) is 0 Å². The molecule has 0 aliphatic heterocycles. The van der Waals surface area contributed by atoms with E-state index in [1.165, 1.54) is 0 Å². The first kappa shape index (κ1) is 17.4. The molecule has 0 fully saturated rings. The number of alkyl halides is 1. The van der Waals surface area contributed by atoms with Gasteiger partial charge in [0.05, 0.1) is 4.90 Å². The quantitative estimate of drug-likeness (QED) is 0.517. The fourth-order valence-corrected chi connectivity index (χ4v) is 4.45. The zero-order valence-electron chi connectivity index (χ0n) is 10.5. The predicted molar refractivity (Wildman–Crippen MR) is 86.3 cm³/mol. The second-order valence-corrected chi connectivity index (χ2v) is 8.00. The number of hydrogen-bond acceptors (Lipinski definition) is 2. The van der Waals surface area contributed by atoms with Crippen LogP contribution in [0.25, 0.3) is 0 Å². The molecule has 0 radical (unpaired) electrons. The van der Waals surface area contributed by atoms with Crippen LogP contribution in [0.3, 0.4) is 0 Å². The first-order valence-corrected chi connectivity index (χ1v) is 9.50. The van der Waals surface area contributed by atoms with Gasteiger partial charge < -0.3 is 0 Å². The second kappa shape index (κ2) is 7.98. The molecule has 3 nitrogen and oxygen atoms in total. The monoisotopic (exact) mass is 431 g/mol. The third kappa shape index (κ3) is 5.34. The van der Waals surface area contributed by atoms with E-state index >= 15 is 0 Å². The minimum Gasteiger partial charge on any atom is -0.211 e. The van der Waals surface area contributed by atoms with Gasteiger partial charge in [-0.3, -0.25) is 0 Å². The topological polar surface area (TPSA) is 46.2 Å². The summed E-state index contributed by atoms with van der Waals surface area (Å²) >= 11 is 12.2. The summed E-state index contributed by atoms with van der Waals surface area (Å²) in [6.07, 6.45) is 2.62. The lowest BCUT2D eigenvalue weighted by molar-refractivity contribution is 0.575. The fraction of sp³-hybridized carbons (Fsp3) is 0.500. The molecule has 0 spiro atoms. The first-order valence-electron chi connectivity index (χ1n) is 5.90. The largest absolute Gasteiger partial charge is 0.241 e. The van der Waals surface area contributed by atoms with Gasteiger partial charge in [-0.1, -0.05) is 22.4 Å². The van der Waals surface area contributed by atoms with Crippen LogP contribution in [0.4, 0.5) is 0 Å². The van der Waals surface area contributed by atoms with Crippen LogP contribution in [0.15, 0.2) is 26.0 Å². The van der Waals surface area contributed by atoms with Gasteiger partial charge in [0, 0.05) is 21.4 Å². The van der Waals surface area contributed by atoms with Crippen LogP contribution in [0, 0.1) is 6.92 Å². The Kier molecular flexibility index (Phi) is 7.32. The van der Waals surface area contributed by atoms with Crippen molar-refractivity contribution in [3.05, 3.63) is 26.6 Å². The Labute approximate surface area is 136 Å². The minimum absolute atomic E-state index is 0.252. The van der Waals surface area contributed by atoms with Crippen molar-refractivity contribution in [2.75, 3.05) is 12.4 Å². The van der Waals surface area contributed by atoms with Gasteiger partial charge in [0.15, 0.2) is 0 Å². The zero-order valence-corrected chi connectivity index (χ0v) is 15.3. The lowest BCUT2D eigenvalue weighted by Gasteiger charge is -2.10. The molecule has 0 atom stereocenters. The van der Waals surface area contributed by atoms with Crippen LogP contribution >= 0.6 is 43.5 Å². The molecule has 0 aromatic heterocycles. The molecular formula is C12H16Br2ClNO2S. The molecule has 0 saturated heterocycles. The number of unbranched alkanes of at least 4 members (excludes halogenated alkanes) is 2. The number of sulfonamides is 1. The molecule has 0 saturated carbocycles. The van der Waals surface area contributed by atoms with Crippen molar-refractivity contribution < 1.29 is 8.42 Å². The van der Waals surface area contributed by atoms with Gasteiger partial charge in [0.2, 0.25) is 10.0 Å². The summed E-state index contributed by atoms with van der Waals surface area (Å²) in [6.45, 7) is 2.34. The molecule has 1 N–H and O–H groups in total.